The van der Waals surface area contributed by atoms with Crippen LogP contribution in [-0.4, -0.2) is 11.8 Å². The van der Waals surface area contributed by atoms with Gasteiger partial charge in [0.25, 0.3) is 11.8 Å². The van der Waals surface area contributed by atoms with Gasteiger partial charge in [-0.2, -0.15) is 0 Å². The number of hydrogen-bond donors (Lipinski definition) is 1. The number of amides is 2. The van der Waals surface area contributed by atoms with Crippen LogP contribution in [0.15, 0.2) is 60.3 Å². The van der Waals surface area contributed by atoms with E-state index in [1.54, 1.807) is 12.1 Å². The number of hydrogen-bond acceptors (Lipinski definition) is 3. The Balaban J connectivity index is 1.89. The molecule has 3 aromatic carbocycles. The van der Waals surface area contributed by atoms with Crippen molar-refractivity contribution in [3.63, 3.8) is 0 Å². The standard InChI is InChI=1S/C27H25ClN2O2/c1-15-10-16(2)12-22(11-15)29-25-24(20-8-6-17(3)19(5)13-20)26(31)30(27(25)32)23-14-21(28)9-7-18(23)4/h6-14,29H,1-5H3. The normalized spacial score (nSPS) is 13.9. The molecule has 5 heteroatoms. The summed E-state index contributed by atoms with van der Waals surface area (Å²) in [6.45, 7) is 9.87. The first-order valence-corrected chi connectivity index (χ1v) is 10.9. The summed E-state index contributed by atoms with van der Waals surface area (Å²) >= 11 is 6.20. The van der Waals surface area contributed by atoms with Gasteiger partial charge in [-0.05, 0) is 92.3 Å². The van der Waals surface area contributed by atoms with E-state index in [0.29, 0.717) is 21.8 Å². The van der Waals surface area contributed by atoms with E-state index in [0.717, 1.165) is 33.5 Å². The third-order valence-corrected chi connectivity index (χ3v) is 6.02. The quantitative estimate of drug-likeness (QED) is 0.482. The van der Waals surface area contributed by atoms with E-state index in [9.17, 15) is 9.59 Å². The topological polar surface area (TPSA) is 49.4 Å². The van der Waals surface area contributed by atoms with Crippen molar-refractivity contribution in [3.8, 4) is 0 Å². The Morgan fingerprint density at radius 3 is 2.03 bits per heavy atom. The summed E-state index contributed by atoms with van der Waals surface area (Å²) in [6, 6.07) is 17.0. The van der Waals surface area contributed by atoms with E-state index in [1.807, 2.05) is 71.0 Å². The summed E-state index contributed by atoms with van der Waals surface area (Å²) in [7, 11) is 0. The van der Waals surface area contributed by atoms with Crippen LogP contribution in [0.4, 0.5) is 11.4 Å². The Morgan fingerprint density at radius 1 is 0.719 bits per heavy atom. The van der Waals surface area contributed by atoms with Crippen LogP contribution in [0.1, 0.15) is 33.4 Å². The summed E-state index contributed by atoms with van der Waals surface area (Å²) < 4.78 is 0. The molecule has 1 heterocycles. The lowest BCUT2D eigenvalue weighted by molar-refractivity contribution is -0.120. The van der Waals surface area contributed by atoms with Gasteiger partial charge < -0.3 is 5.32 Å². The van der Waals surface area contributed by atoms with Crippen molar-refractivity contribution in [2.45, 2.75) is 34.6 Å². The molecule has 0 saturated carbocycles. The summed E-state index contributed by atoms with van der Waals surface area (Å²) in [4.78, 5) is 28.5. The van der Waals surface area contributed by atoms with E-state index in [-0.39, 0.29) is 11.6 Å². The molecule has 0 radical (unpaired) electrons. The number of nitrogens with zero attached hydrogens (tertiary/aromatic N) is 1. The van der Waals surface area contributed by atoms with E-state index in [4.69, 9.17) is 11.6 Å². The van der Waals surface area contributed by atoms with Gasteiger partial charge in [0.1, 0.15) is 5.70 Å². The average Bonchev–Trinajstić information content (AvgIpc) is 2.95. The fraction of sp³-hybridized carbons (Fsp3) is 0.185. The van der Waals surface area contributed by atoms with Crippen LogP contribution in [0.3, 0.4) is 0 Å². The minimum atomic E-state index is -0.396. The molecule has 0 aliphatic carbocycles. The molecule has 0 fully saturated rings. The first-order chi connectivity index (χ1) is 15.2. The van der Waals surface area contributed by atoms with Gasteiger partial charge in [-0.1, -0.05) is 41.9 Å². The van der Waals surface area contributed by atoms with Crippen LogP contribution < -0.4 is 10.2 Å². The summed E-state index contributed by atoms with van der Waals surface area (Å²) in [5.41, 5.74) is 7.70. The first kappa shape index (κ1) is 21.8. The fourth-order valence-corrected chi connectivity index (χ4v) is 4.21. The molecule has 0 atom stereocenters. The summed E-state index contributed by atoms with van der Waals surface area (Å²) in [5.74, 6) is -0.761. The van der Waals surface area contributed by atoms with Gasteiger partial charge in [-0.15, -0.1) is 0 Å². The van der Waals surface area contributed by atoms with Crippen LogP contribution in [0.5, 0.6) is 0 Å². The second-order valence-electron chi connectivity index (χ2n) is 8.43. The fourth-order valence-electron chi connectivity index (χ4n) is 4.04. The molecule has 0 unspecified atom stereocenters. The second-order valence-corrected chi connectivity index (χ2v) is 8.86. The van der Waals surface area contributed by atoms with Crippen molar-refractivity contribution in [3.05, 3.63) is 98.7 Å². The third kappa shape index (κ3) is 3.94. The number of benzene rings is 3. The minimum absolute atomic E-state index is 0.266. The van der Waals surface area contributed by atoms with Crippen LogP contribution in [0.25, 0.3) is 5.57 Å². The molecule has 0 spiro atoms. The number of rotatable bonds is 4. The highest BCUT2D eigenvalue weighted by Gasteiger charge is 2.41. The predicted octanol–water partition coefficient (Wildman–Crippen LogP) is 6.28. The van der Waals surface area contributed by atoms with Gasteiger partial charge in [-0.25, -0.2) is 4.90 Å². The summed E-state index contributed by atoms with van der Waals surface area (Å²) in [6.07, 6.45) is 0. The van der Waals surface area contributed by atoms with Crippen molar-refractivity contribution in [2.75, 3.05) is 10.2 Å². The maximum atomic E-state index is 13.7. The number of aryl methyl sites for hydroxylation is 5. The Hall–Kier alpha value is -3.37. The molecular formula is C27H25ClN2O2. The molecule has 3 aromatic rings. The lowest BCUT2D eigenvalue weighted by atomic mass is 9.99. The number of halogens is 1. The summed E-state index contributed by atoms with van der Waals surface area (Å²) in [5, 5.41) is 3.72. The molecule has 2 amide bonds. The molecule has 1 N–H and O–H groups in total. The van der Waals surface area contributed by atoms with Crippen molar-refractivity contribution < 1.29 is 9.59 Å². The largest absolute Gasteiger partial charge is 0.350 e. The molecule has 1 aliphatic heterocycles. The highest BCUT2D eigenvalue weighted by atomic mass is 35.5. The van der Waals surface area contributed by atoms with E-state index >= 15 is 0 Å². The van der Waals surface area contributed by atoms with E-state index in [2.05, 4.69) is 11.4 Å². The molecule has 0 saturated heterocycles. The maximum Gasteiger partial charge on any atom is 0.282 e. The molecule has 0 aromatic heterocycles. The number of carbonyl (C=O) groups excluding carboxylic acids is 2. The van der Waals surface area contributed by atoms with Gasteiger partial charge in [0, 0.05) is 10.7 Å². The Labute approximate surface area is 193 Å². The molecule has 4 nitrogen and oxygen atoms in total. The van der Waals surface area contributed by atoms with Crippen molar-refractivity contribution in [1.29, 1.82) is 0 Å². The predicted molar refractivity (Wildman–Crippen MR) is 131 cm³/mol. The molecule has 4 rings (SSSR count). The zero-order chi connectivity index (χ0) is 23.2. The minimum Gasteiger partial charge on any atom is -0.350 e. The maximum absolute atomic E-state index is 13.7. The third-order valence-electron chi connectivity index (χ3n) is 5.78. The van der Waals surface area contributed by atoms with E-state index < -0.39 is 5.91 Å². The number of nitrogens with one attached hydrogen (secondary N) is 1. The number of anilines is 2. The second kappa shape index (κ2) is 8.29. The highest BCUT2D eigenvalue weighted by molar-refractivity contribution is 6.46. The lowest BCUT2D eigenvalue weighted by Crippen LogP contribution is -2.33. The highest BCUT2D eigenvalue weighted by Crippen LogP contribution is 2.36. The molecule has 162 valence electrons. The lowest BCUT2D eigenvalue weighted by Gasteiger charge is -2.18. The molecule has 0 bridgehead atoms. The number of imide groups is 1. The Bertz CT molecular complexity index is 1290. The molecular weight excluding hydrogens is 420 g/mol. The van der Waals surface area contributed by atoms with Gasteiger partial charge in [-0.3, -0.25) is 9.59 Å². The SMILES string of the molecule is Cc1cc(C)cc(NC2=C(c3ccc(C)c(C)c3)C(=O)N(c3cc(Cl)ccc3C)C2=O)c1. The van der Waals surface area contributed by atoms with Gasteiger partial charge in [0.15, 0.2) is 0 Å². The van der Waals surface area contributed by atoms with Crippen molar-refractivity contribution >= 4 is 40.4 Å². The monoisotopic (exact) mass is 444 g/mol. The van der Waals surface area contributed by atoms with Crippen molar-refractivity contribution in [1.82, 2.24) is 0 Å². The zero-order valence-electron chi connectivity index (χ0n) is 18.8. The first-order valence-electron chi connectivity index (χ1n) is 10.5. The Morgan fingerprint density at radius 2 is 1.38 bits per heavy atom. The molecule has 1 aliphatic rings. The van der Waals surface area contributed by atoms with Crippen LogP contribution in [0.2, 0.25) is 5.02 Å². The smallest absolute Gasteiger partial charge is 0.282 e. The average molecular weight is 445 g/mol. The van der Waals surface area contributed by atoms with Crippen molar-refractivity contribution in [2.24, 2.45) is 0 Å². The van der Waals surface area contributed by atoms with Crippen LogP contribution >= 0.6 is 11.6 Å². The van der Waals surface area contributed by atoms with Crippen LogP contribution in [-0.2, 0) is 9.59 Å². The van der Waals surface area contributed by atoms with E-state index in [1.165, 1.54) is 4.90 Å². The van der Waals surface area contributed by atoms with Gasteiger partial charge in [0.05, 0.1) is 11.3 Å². The van der Waals surface area contributed by atoms with Gasteiger partial charge in [0.2, 0.25) is 0 Å². The molecule has 32 heavy (non-hydrogen) atoms. The Kier molecular flexibility index (Phi) is 5.66. The zero-order valence-corrected chi connectivity index (χ0v) is 19.6. The number of carbonyl (C=O) groups is 2. The van der Waals surface area contributed by atoms with Crippen LogP contribution in [0, 0.1) is 34.6 Å². The van der Waals surface area contributed by atoms with Gasteiger partial charge >= 0.3 is 0 Å².